The third-order valence-corrected chi connectivity index (χ3v) is 3.54. The molecule has 1 aliphatic heterocycles. The minimum atomic E-state index is -0.782. The number of fused-ring (bicyclic) bond motifs is 1. The fraction of sp³-hybridized carbons (Fsp3) is 0.533. The molecule has 0 aliphatic carbocycles. The molecular formula is C15H22BNO4. The van der Waals surface area contributed by atoms with Gasteiger partial charge in [-0.2, -0.15) is 0 Å². The average molecular weight is 291 g/mol. The first-order chi connectivity index (χ1) is 10.1. The van der Waals surface area contributed by atoms with Crippen LogP contribution in [0.4, 0.5) is 0 Å². The van der Waals surface area contributed by atoms with Crippen molar-refractivity contribution in [3.63, 3.8) is 0 Å². The lowest BCUT2D eigenvalue weighted by Gasteiger charge is -2.13. The molecular weight excluding hydrogens is 269 g/mol. The number of aliphatic carboxylic acids is 1. The monoisotopic (exact) mass is 291 g/mol. The molecule has 5 nitrogen and oxygen atoms in total. The number of nitrogens with zero attached hydrogens (tertiary/aromatic N) is 1. The standard InChI is InChI=1S/C15H22BNO4/c1-17(2)9-4-10-20-16-15-12(7-8-14(18)19)5-3-6-13(15)11-21-16/h3,5-6H,4,7-11H2,1-2H3,(H,18,19). The van der Waals surface area contributed by atoms with Gasteiger partial charge in [0, 0.05) is 13.0 Å². The van der Waals surface area contributed by atoms with Crippen LogP contribution in [0.3, 0.4) is 0 Å². The van der Waals surface area contributed by atoms with Gasteiger partial charge < -0.3 is 19.3 Å². The highest BCUT2D eigenvalue weighted by atomic mass is 16.6. The van der Waals surface area contributed by atoms with Crippen molar-refractivity contribution in [2.24, 2.45) is 0 Å². The number of hydrogen-bond donors (Lipinski definition) is 1. The van der Waals surface area contributed by atoms with Gasteiger partial charge in [-0.3, -0.25) is 4.79 Å². The maximum atomic E-state index is 10.8. The van der Waals surface area contributed by atoms with Gasteiger partial charge in [0.15, 0.2) is 0 Å². The molecule has 1 heterocycles. The predicted molar refractivity (Wildman–Crippen MR) is 81.7 cm³/mol. The van der Waals surface area contributed by atoms with E-state index < -0.39 is 5.97 Å². The van der Waals surface area contributed by atoms with Crippen molar-refractivity contribution in [2.75, 3.05) is 27.2 Å². The second kappa shape index (κ2) is 7.59. The van der Waals surface area contributed by atoms with Crippen LogP contribution in [0.25, 0.3) is 0 Å². The molecule has 1 aliphatic rings. The molecule has 2 rings (SSSR count). The summed E-state index contributed by atoms with van der Waals surface area (Å²) in [6, 6.07) is 5.93. The maximum absolute atomic E-state index is 10.8. The molecule has 0 fully saturated rings. The molecule has 21 heavy (non-hydrogen) atoms. The molecule has 0 radical (unpaired) electrons. The van der Waals surface area contributed by atoms with Crippen LogP contribution in [-0.4, -0.2) is 50.3 Å². The molecule has 0 bridgehead atoms. The van der Waals surface area contributed by atoms with E-state index in [1.165, 1.54) is 0 Å². The molecule has 0 saturated carbocycles. The summed E-state index contributed by atoms with van der Waals surface area (Å²) in [4.78, 5) is 12.9. The molecule has 0 unspecified atom stereocenters. The fourth-order valence-electron chi connectivity index (χ4n) is 2.51. The van der Waals surface area contributed by atoms with E-state index in [1.807, 2.05) is 32.3 Å². The first-order valence-corrected chi connectivity index (χ1v) is 7.28. The van der Waals surface area contributed by atoms with Gasteiger partial charge in [-0.15, -0.1) is 0 Å². The van der Waals surface area contributed by atoms with Gasteiger partial charge in [0.2, 0.25) is 0 Å². The normalized spacial score (nSPS) is 13.8. The van der Waals surface area contributed by atoms with Gasteiger partial charge in [0.25, 0.3) is 0 Å². The smallest absolute Gasteiger partial charge is 0.481 e. The van der Waals surface area contributed by atoms with Crippen molar-refractivity contribution < 1.29 is 19.2 Å². The summed E-state index contributed by atoms with van der Waals surface area (Å²) in [5.41, 5.74) is 3.16. The van der Waals surface area contributed by atoms with E-state index in [2.05, 4.69) is 4.90 Å². The number of carbonyl (C=O) groups is 1. The molecule has 1 aromatic rings. The second-order valence-electron chi connectivity index (χ2n) is 5.55. The maximum Gasteiger partial charge on any atom is 0.494 e. The Balaban J connectivity index is 1.98. The molecule has 0 saturated heterocycles. The number of benzene rings is 1. The highest BCUT2D eigenvalue weighted by Crippen LogP contribution is 2.16. The topological polar surface area (TPSA) is 59.0 Å². The van der Waals surface area contributed by atoms with Gasteiger partial charge in [0.05, 0.1) is 6.61 Å². The van der Waals surface area contributed by atoms with Crippen LogP contribution in [0.1, 0.15) is 24.0 Å². The molecule has 0 amide bonds. The summed E-state index contributed by atoms with van der Waals surface area (Å²) < 4.78 is 11.5. The van der Waals surface area contributed by atoms with E-state index in [4.69, 9.17) is 14.4 Å². The van der Waals surface area contributed by atoms with Crippen LogP contribution in [0.15, 0.2) is 18.2 Å². The van der Waals surface area contributed by atoms with E-state index in [-0.39, 0.29) is 13.5 Å². The zero-order chi connectivity index (χ0) is 15.2. The molecule has 0 aromatic heterocycles. The first kappa shape index (κ1) is 16.0. The number of carboxylic acid groups (broad SMARTS) is 1. The van der Waals surface area contributed by atoms with Gasteiger partial charge in [-0.25, -0.2) is 0 Å². The second-order valence-corrected chi connectivity index (χ2v) is 5.55. The molecule has 6 heteroatoms. The molecule has 0 atom stereocenters. The van der Waals surface area contributed by atoms with Crippen molar-refractivity contribution in [3.8, 4) is 0 Å². The van der Waals surface area contributed by atoms with Crippen LogP contribution in [0, 0.1) is 0 Å². The lowest BCUT2D eigenvalue weighted by molar-refractivity contribution is -0.136. The van der Waals surface area contributed by atoms with Crippen LogP contribution >= 0.6 is 0 Å². The Morgan fingerprint density at radius 1 is 1.48 bits per heavy atom. The lowest BCUT2D eigenvalue weighted by Crippen LogP contribution is -2.35. The Hall–Kier alpha value is -1.37. The van der Waals surface area contributed by atoms with E-state index in [9.17, 15) is 4.79 Å². The van der Waals surface area contributed by atoms with Gasteiger partial charge >= 0.3 is 13.1 Å². The minimum absolute atomic E-state index is 0.129. The van der Waals surface area contributed by atoms with Crippen LogP contribution in [-0.2, 0) is 27.1 Å². The van der Waals surface area contributed by atoms with Crippen LogP contribution in [0.5, 0.6) is 0 Å². The third-order valence-electron chi connectivity index (χ3n) is 3.54. The molecule has 1 N–H and O–H groups in total. The van der Waals surface area contributed by atoms with Crippen LogP contribution < -0.4 is 5.46 Å². The number of carboxylic acids is 1. The van der Waals surface area contributed by atoms with Gasteiger partial charge in [-0.05, 0) is 50.1 Å². The number of rotatable bonds is 8. The highest BCUT2D eigenvalue weighted by molar-refractivity contribution is 6.63. The summed E-state index contributed by atoms with van der Waals surface area (Å²) in [5.74, 6) is -0.782. The van der Waals surface area contributed by atoms with E-state index in [1.54, 1.807) is 0 Å². The van der Waals surface area contributed by atoms with Crippen molar-refractivity contribution in [1.82, 2.24) is 4.90 Å². The van der Waals surface area contributed by atoms with Crippen molar-refractivity contribution in [1.29, 1.82) is 0 Å². The SMILES string of the molecule is CN(C)CCCOB1OCc2cccc(CCC(=O)O)c21. The summed E-state index contributed by atoms with van der Waals surface area (Å²) in [7, 11) is 3.71. The zero-order valence-electron chi connectivity index (χ0n) is 12.7. The highest BCUT2D eigenvalue weighted by Gasteiger charge is 2.32. The van der Waals surface area contributed by atoms with Gasteiger partial charge in [-0.1, -0.05) is 18.2 Å². The summed E-state index contributed by atoms with van der Waals surface area (Å²) in [6.45, 7) is 2.14. The first-order valence-electron chi connectivity index (χ1n) is 7.28. The summed E-state index contributed by atoms with van der Waals surface area (Å²) in [5, 5.41) is 8.85. The largest absolute Gasteiger partial charge is 0.494 e. The predicted octanol–water partition coefficient (Wildman–Crippen LogP) is 0.897. The lowest BCUT2D eigenvalue weighted by atomic mass is 9.74. The number of hydrogen-bond acceptors (Lipinski definition) is 4. The Morgan fingerprint density at radius 3 is 3.00 bits per heavy atom. The Morgan fingerprint density at radius 2 is 2.29 bits per heavy atom. The zero-order valence-corrected chi connectivity index (χ0v) is 12.7. The molecule has 0 spiro atoms. The van der Waals surface area contributed by atoms with E-state index >= 15 is 0 Å². The van der Waals surface area contributed by atoms with E-state index in [0.29, 0.717) is 19.6 Å². The van der Waals surface area contributed by atoms with E-state index in [0.717, 1.165) is 29.6 Å². The van der Waals surface area contributed by atoms with Crippen molar-refractivity contribution in [3.05, 3.63) is 29.3 Å². The Labute approximate surface area is 126 Å². The summed E-state index contributed by atoms with van der Waals surface area (Å²) in [6.07, 6.45) is 1.59. The molecule has 114 valence electrons. The fourth-order valence-corrected chi connectivity index (χ4v) is 2.51. The van der Waals surface area contributed by atoms with Gasteiger partial charge in [0.1, 0.15) is 0 Å². The Bertz CT molecular complexity index is 493. The van der Waals surface area contributed by atoms with Crippen LogP contribution in [0.2, 0.25) is 0 Å². The average Bonchev–Trinajstić information content (AvgIpc) is 2.85. The summed E-state index contributed by atoms with van der Waals surface area (Å²) >= 11 is 0. The quantitative estimate of drug-likeness (QED) is 0.569. The third kappa shape index (κ3) is 4.56. The van der Waals surface area contributed by atoms with Crippen molar-refractivity contribution in [2.45, 2.75) is 25.9 Å². The minimum Gasteiger partial charge on any atom is -0.481 e. The molecule has 1 aromatic carbocycles. The Kier molecular flexibility index (Phi) is 5.79. The number of aryl methyl sites for hydroxylation is 1. The van der Waals surface area contributed by atoms with Crippen molar-refractivity contribution >= 4 is 18.6 Å².